The zero-order chi connectivity index (χ0) is 33.0. The highest BCUT2D eigenvalue weighted by atomic mass is 19.4. The van der Waals surface area contributed by atoms with Crippen molar-refractivity contribution < 1.29 is 37.3 Å². The Morgan fingerprint density at radius 3 is 2.07 bits per heavy atom. The lowest BCUT2D eigenvalue weighted by atomic mass is 9.55. The first kappa shape index (κ1) is 31.6. The van der Waals surface area contributed by atoms with Gasteiger partial charge in [-0.05, 0) is 103 Å². The molecule has 6 nitrogen and oxygen atoms in total. The van der Waals surface area contributed by atoms with E-state index in [1.807, 2.05) is 63.2 Å². The van der Waals surface area contributed by atoms with Crippen LogP contribution in [0.15, 0.2) is 78.9 Å². The number of hydrogen-bond acceptors (Lipinski definition) is 5. The van der Waals surface area contributed by atoms with Gasteiger partial charge in [-0.25, -0.2) is 9.59 Å². The monoisotopic (exact) mass is 631 g/mol. The molecule has 2 bridgehead atoms. The number of carbonyl (C=O) groups is 2. The fraction of sp³-hybridized carbons (Fsp3) is 0.351. The molecule has 6 rings (SSSR count). The van der Waals surface area contributed by atoms with Crippen LogP contribution in [0.2, 0.25) is 0 Å². The van der Waals surface area contributed by atoms with E-state index in [4.69, 9.17) is 9.47 Å². The first-order valence-corrected chi connectivity index (χ1v) is 15.4. The molecule has 46 heavy (non-hydrogen) atoms. The maximum Gasteiger partial charge on any atom is 0.416 e. The fourth-order valence-electron chi connectivity index (χ4n) is 6.75. The number of amides is 1. The molecular formula is C37H36F3NO5. The van der Waals surface area contributed by atoms with Gasteiger partial charge in [-0.2, -0.15) is 13.2 Å². The van der Waals surface area contributed by atoms with Crippen molar-refractivity contribution in [3.8, 4) is 22.3 Å². The van der Waals surface area contributed by atoms with E-state index in [1.165, 1.54) is 12.1 Å². The number of rotatable bonds is 5. The number of aliphatic hydroxyl groups is 1. The Balaban J connectivity index is 1.31. The van der Waals surface area contributed by atoms with Crippen LogP contribution in [-0.2, 0) is 21.3 Å². The Kier molecular flexibility index (Phi) is 7.87. The van der Waals surface area contributed by atoms with Crippen molar-refractivity contribution in [2.75, 3.05) is 19.7 Å². The summed E-state index contributed by atoms with van der Waals surface area (Å²) in [7, 11) is 0. The molecule has 1 saturated carbocycles. The van der Waals surface area contributed by atoms with Crippen LogP contribution >= 0.6 is 0 Å². The largest absolute Gasteiger partial charge is 0.462 e. The van der Waals surface area contributed by atoms with Crippen LogP contribution in [0.25, 0.3) is 33.0 Å². The summed E-state index contributed by atoms with van der Waals surface area (Å²) in [5, 5.41) is 13.4. The topological polar surface area (TPSA) is 76.1 Å². The van der Waals surface area contributed by atoms with Crippen LogP contribution in [0.4, 0.5) is 18.0 Å². The number of benzene rings is 4. The van der Waals surface area contributed by atoms with Crippen LogP contribution in [0.1, 0.15) is 55.6 Å². The van der Waals surface area contributed by atoms with Gasteiger partial charge in [0.05, 0.1) is 23.3 Å². The number of nitrogens with zero attached hydrogens (tertiary/aromatic N) is 1. The molecule has 1 amide bonds. The van der Waals surface area contributed by atoms with E-state index < -0.39 is 28.9 Å². The summed E-state index contributed by atoms with van der Waals surface area (Å²) in [6.07, 6.45) is -3.96. The number of alkyl halides is 3. The predicted molar refractivity (Wildman–Crippen MR) is 169 cm³/mol. The number of likely N-dealkylation sites (tertiary alicyclic amines) is 1. The molecule has 2 fully saturated rings. The quantitative estimate of drug-likeness (QED) is 0.224. The van der Waals surface area contributed by atoms with Crippen molar-refractivity contribution in [1.82, 2.24) is 4.90 Å². The average Bonchev–Trinajstić information content (AvgIpc) is 3.02. The number of carbonyl (C=O) groups excluding carboxylic acids is 2. The Hall–Kier alpha value is -4.37. The van der Waals surface area contributed by atoms with E-state index in [0.717, 1.165) is 46.0 Å². The molecule has 0 aromatic heterocycles. The number of fused-ring (bicyclic) bond motifs is 3. The fourth-order valence-corrected chi connectivity index (χ4v) is 6.75. The summed E-state index contributed by atoms with van der Waals surface area (Å²) in [6.45, 7) is 8.26. The lowest BCUT2D eigenvalue weighted by Gasteiger charge is -2.59. The summed E-state index contributed by atoms with van der Waals surface area (Å²) >= 11 is 0. The summed E-state index contributed by atoms with van der Waals surface area (Å²) in [4.78, 5) is 27.2. The number of piperidine rings is 2. The Morgan fingerprint density at radius 1 is 0.870 bits per heavy atom. The van der Waals surface area contributed by atoms with Gasteiger partial charge in [0, 0.05) is 24.9 Å². The number of halogens is 3. The molecule has 2 aliphatic rings. The summed E-state index contributed by atoms with van der Waals surface area (Å²) in [5.41, 5.74) is 1.70. The number of hydrogen-bond donors (Lipinski definition) is 1. The number of ether oxygens (including phenoxy) is 2. The van der Waals surface area contributed by atoms with Gasteiger partial charge in [0.1, 0.15) is 5.60 Å². The van der Waals surface area contributed by atoms with Crippen molar-refractivity contribution in [3.05, 3.63) is 95.6 Å². The highest BCUT2D eigenvalue weighted by Gasteiger charge is 2.59. The van der Waals surface area contributed by atoms with Crippen molar-refractivity contribution in [1.29, 1.82) is 0 Å². The van der Waals surface area contributed by atoms with E-state index in [0.29, 0.717) is 29.8 Å². The molecule has 1 aliphatic carbocycles. The van der Waals surface area contributed by atoms with Crippen molar-refractivity contribution in [2.24, 2.45) is 11.8 Å². The molecule has 1 N–H and O–H groups in total. The predicted octanol–water partition coefficient (Wildman–Crippen LogP) is 8.44. The van der Waals surface area contributed by atoms with E-state index in [-0.39, 0.29) is 24.5 Å². The maximum absolute atomic E-state index is 13.1. The van der Waals surface area contributed by atoms with Crippen LogP contribution in [0, 0.1) is 11.8 Å². The first-order valence-electron chi connectivity index (χ1n) is 15.4. The third-order valence-electron chi connectivity index (χ3n) is 9.01. The average molecular weight is 632 g/mol. The van der Waals surface area contributed by atoms with Gasteiger partial charge in [0.2, 0.25) is 0 Å². The molecule has 0 spiro atoms. The Bertz CT molecular complexity index is 1780. The molecule has 4 aromatic carbocycles. The zero-order valence-corrected chi connectivity index (χ0v) is 26.1. The second kappa shape index (κ2) is 11.5. The SMILES string of the molecule is CCOC(=O)c1cc(-c2ccc(C3(O)C4CC3CN(C(=O)OC(C)(C)C)C4)cc2)c2ccc(-c3ccc(C(F)(F)F)cc3)cc2c1. The number of esters is 1. The van der Waals surface area contributed by atoms with Crippen LogP contribution in [0.5, 0.6) is 0 Å². The third-order valence-corrected chi connectivity index (χ3v) is 9.01. The smallest absolute Gasteiger partial charge is 0.416 e. The normalized spacial score (nSPS) is 21.1. The van der Waals surface area contributed by atoms with Crippen LogP contribution in [0.3, 0.4) is 0 Å². The van der Waals surface area contributed by atoms with Crippen LogP contribution < -0.4 is 0 Å². The van der Waals surface area contributed by atoms with Gasteiger partial charge in [-0.3, -0.25) is 0 Å². The molecule has 4 aromatic rings. The Labute approximate surface area is 265 Å². The maximum atomic E-state index is 13.1. The van der Waals surface area contributed by atoms with Crippen molar-refractivity contribution in [3.63, 3.8) is 0 Å². The van der Waals surface area contributed by atoms with E-state index >= 15 is 0 Å². The molecular weight excluding hydrogens is 595 g/mol. The molecule has 2 atom stereocenters. The third kappa shape index (κ3) is 5.84. The minimum absolute atomic E-state index is 0.110. The molecule has 2 unspecified atom stereocenters. The molecule has 9 heteroatoms. The molecule has 1 aliphatic heterocycles. The lowest BCUT2D eigenvalue weighted by molar-refractivity contribution is -0.200. The zero-order valence-electron chi connectivity index (χ0n) is 26.1. The standard InChI is InChI=1S/C37H36F3NO5/c1-5-45-33(42)26-17-25-16-24(22-6-13-28(14-7-22)37(38,39)40)10-15-31(25)32(18-26)23-8-11-27(12-9-23)36(44)29-19-30(36)21-41(20-29)34(43)46-35(2,3)4/h6-18,29-30,44H,5,19-21H2,1-4H3. The minimum atomic E-state index is -4.42. The minimum Gasteiger partial charge on any atom is -0.462 e. The molecule has 0 radical (unpaired) electrons. The first-order chi connectivity index (χ1) is 21.7. The summed E-state index contributed by atoms with van der Waals surface area (Å²) < 4.78 is 50.2. The van der Waals surface area contributed by atoms with Gasteiger partial charge in [-0.1, -0.05) is 48.5 Å². The highest BCUT2D eigenvalue weighted by Crippen LogP contribution is 2.55. The van der Waals surface area contributed by atoms with E-state index in [1.54, 1.807) is 24.0 Å². The second-order valence-corrected chi connectivity index (χ2v) is 13.2. The van der Waals surface area contributed by atoms with Crippen molar-refractivity contribution >= 4 is 22.8 Å². The molecule has 1 heterocycles. The summed E-state index contributed by atoms with van der Waals surface area (Å²) in [5.74, 6) is -0.698. The van der Waals surface area contributed by atoms with Crippen molar-refractivity contribution in [2.45, 2.75) is 51.5 Å². The van der Waals surface area contributed by atoms with E-state index in [9.17, 15) is 27.9 Å². The highest BCUT2D eigenvalue weighted by molar-refractivity contribution is 6.04. The second-order valence-electron chi connectivity index (χ2n) is 13.2. The van der Waals surface area contributed by atoms with E-state index in [2.05, 4.69) is 0 Å². The molecule has 1 saturated heterocycles. The van der Waals surface area contributed by atoms with Gasteiger partial charge < -0.3 is 19.5 Å². The molecule has 240 valence electrons. The Morgan fingerprint density at radius 2 is 1.48 bits per heavy atom. The van der Waals surface area contributed by atoms with Gasteiger partial charge in [0.15, 0.2) is 0 Å². The van der Waals surface area contributed by atoms with Gasteiger partial charge in [-0.15, -0.1) is 0 Å². The lowest BCUT2D eigenvalue weighted by Crippen LogP contribution is -2.66. The van der Waals surface area contributed by atoms with Crippen LogP contribution in [-0.4, -0.2) is 47.4 Å². The van der Waals surface area contributed by atoms with Gasteiger partial charge in [0.25, 0.3) is 0 Å². The van der Waals surface area contributed by atoms with Gasteiger partial charge >= 0.3 is 18.2 Å². The summed E-state index contributed by atoms with van der Waals surface area (Å²) in [6, 6.07) is 21.7.